The van der Waals surface area contributed by atoms with Gasteiger partial charge in [0, 0.05) is 32.6 Å². The minimum absolute atomic E-state index is 0.0598. The molecule has 0 aliphatic heterocycles. The fraction of sp³-hybridized carbons (Fsp3) is 0.0943. The number of nitrogens with two attached hydrogens (primary N) is 1. The summed E-state index contributed by atoms with van der Waals surface area (Å²) in [5.74, 6) is 0. The molecule has 1 aliphatic carbocycles. The zero-order chi connectivity index (χ0) is 38.4. The maximum absolute atomic E-state index is 6.92. The number of rotatable bonds is 6. The van der Waals surface area contributed by atoms with E-state index in [2.05, 4.69) is 194 Å². The highest BCUT2D eigenvalue weighted by Crippen LogP contribution is 2.51. The van der Waals surface area contributed by atoms with E-state index in [1.54, 1.807) is 0 Å². The smallest absolute Gasteiger partial charge is 0.159 e. The minimum atomic E-state index is -0.0794. The van der Waals surface area contributed by atoms with E-state index in [0.717, 1.165) is 55.8 Å². The molecule has 11 rings (SSSR count). The Bertz CT molecular complexity index is 3190. The third-order valence-electron chi connectivity index (χ3n) is 12.4. The first kappa shape index (κ1) is 33.3. The van der Waals surface area contributed by atoms with E-state index in [0.29, 0.717) is 0 Å². The highest BCUT2D eigenvalue weighted by atomic mass is 16.3. The van der Waals surface area contributed by atoms with Gasteiger partial charge in [-0.1, -0.05) is 135 Å². The second-order valence-corrected chi connectivity index (χ2v) is 15.9. The van der Waals surface area contributed by atoms with Gasteiger partial charge >= 0.3 is 0 Å². The Morgan fingerprint density at radius 2 is 1.28 bits per heavy atom. The molecule has 274 valence electrons. The fourth-order valence-electron chi connectivity index (χ4n) is 9.63. The van der Waals surface area contributed by atoms with Crippen molar-refractivity contribution in [1.29, 1.82) is 0 Å². The summed E-state index contributed by atoms with van der Waals surface area (Å²) in [6, 6.07) is 63.1. The molecule has 1 unspecified atom stereocenters. The standard InChI is InChI=1S/C53H41N3O/c1-33(34-15-5-4-6-16-34)55(47-24-12-10-22-45(47)54)36-29-27-35(28-30-36)37-19-14-26-50-51(37)40-20-13-25-48(52(40)57-50)56-46-23-11-8-18-39(46)42-31-44-41(32-49(42)56)38-17-7-9-21-43(38)53(44,2)3/h4-33H,54H2,1-3H3. The van der Waals surface area contributed by atoms with Crippen LogP contribution in [0.5, 0.6) is 0 Å². The molecule has 1 aliphatic rings. The molecule has 0 amide bonds. The molecule has 8 aromatic carbocycles. The number of furan rings is 1. The van der Waals surface area contributed by atoms with Gasteiger partial charge in [0.25, 0.3) is 0 Å². The normalized spacial score (nSPS) is 13.7. The molecule has 2 N–H and O–H groups in total. The van der Waals surface area contributed by atoms with Crippen LogP contribution in [-0.4, -0.2) is 4.57 Å². The summed E-state index contributed by atoms with van der Waals surface area (Å²) in [7, 11) is 0. The first-order chi connectivity index (χ1) is 27.9. The molecule has 57 heavy (non-hydrogen) atoms. The van der Waals surface area contributed by atoms with E-state index in [9.17, 15) is 0 Å². The van der Waals surface area contributed by atoms with E-state index in [1.807, 2.05) is 12.1 Å². The first-order valence-electron chi connectivity index (χ1n) is 19.8. The lowest BCUT2D eigenvalue weighted by molar-refractivity contribution is 0.661. The van der Waals surface area contributed by atoms with Gasteiger partial charge in [0.2, 0.25) is 0 Å². The average molecular weight is 736 g/mol. The maximum Gasteiger partial charge on any atom is 0.159 e. The van der Waals surface area contributed by atoms with Gasteiger partial charge in [-0.05, 0) is 100 Å². The third kappa shape index (κ3) is 4.93. The predicted molar refractivity (Wildman–Crippen MR) is 239 cm³/mol. The molecule has 10 aromatic rings. The van der Waals surface area contributed by atoms with Crippen molar-refractivity contribution in [2.24, 2.45) is 0 Å². The van der Waals surface area contributed by atoms with E-state index in [1.165, 1.54) is 49.6 Å². The molecule has 0 fully saturated rings. The van der Waals surface area contributed by atoms with Crippen molar-refractivity contribution in [3.05, 3.63) is 193 Å². The summed E-state index contributed by atoms with van der Waals surface area (Å²) < 4.78 is 9.33. The molecule has 0 saturated carbocycles. The van der Waals surface area contributed by atoms with Crippen LogP contribution in [-0.2, 0) is 5.41 Å². The number of anilines is 3. The number of nitrogen functional groups attached to an aromatic ring is 1. The Kier molecular flexibility index (Phi) is 7.30. The first-order valence-corrected chi connectivity index (χ1v) is 19.8. The van der Waals surface area contributed by atoms with Gasteiger partial charge in [0.15, 0.2) is 5.58 Å². The monoisotopic (exact) mass is 735 g/mol. The quantitative estimate of drug-likeness (QED) is 0.173. The molecule has 0 radical (unpaired) electrons. The molecule has 0 saturated heterocycles. The predicted octanol–water partition coefficient (Wildman–Crippen LogP) is 14.1. The lowest BCUT2D eigenvalue weighted by atomic mass is 9.82. The Morgan fingerprint density at radius 3 is 2.12 bits per heavy atom. The third-order valence-corrected chi connectivity index (χ3v) is 12.4. The molecular weight excluding hydrogens is 695 g/mol. The Labute approximate surface area is 332 Å². The van der Waals surface area contributed by atoms with Crippen molar-refractivity contribution in [2.75, 3.05) is 10.6 Å². The van der Waals surface area contributed by atoms with Gasteiger partial charge < -0.3 is 19.6 Å². The summed E-state index contributed by atoms with van der Waals surface area (Å²) in [4.78, 5) is 2.33. The zero-order valence-corrected chi connectivity index (χ0v) is 32.2. The molecule has 4 heteroatoms. The van der Waals surface area contributed by atoms with Gasteiger partial charge in [-0.25, -0.2) is 0 Å². The SMILES string of the molecule is CC(c1ccccc1)N(c1ccc(-c2cccc3oc4c(-n5c6ccccc6c6cc7c(cc65)-c5ccccc5C7(C)C)cccc4c23)cc1)c1ccccc1N. The molecule has 0 bridgehead atoms. The van der Waals surface area contributed by atoms with Crippen LogP contribution >= 0.6 is 0 Å². The lowest BCUT2D eigenvalue weighted by Gasteiger charge is -2.33. The van der Waals surface area contributed by atoms with Crippen molar-refractivity contribution in [2.45, 2.75) is 32.2 Å². The number of fused-ring (bicyclic) bond motifs is 9. The number of hydrogen-bond donors (Lipinski definition) is 1. The minimum Gasteiger partial charge on any atom is -0.454 e. The number of hydrogen-bond acceptors (Lipinski definition) is 3. The van der Waals surface area contributed by atoms with Gasteiger partial charge in [-0.2, -0.15) is 0 Å². The summed E-state index contributed by atoms with van der Waals surface area (Å²) in [6.45, 7) is 6.93. The van der Waals surface area contributed by atoms with Crippen molar-refractivity contribution >= 4 is 60.8 Å². The van der Waals surface area contributed by atoms with Crippen LogP contribution in [0.15, 0.2) is 180 Å². The van der Waals surface area contributed by atoms with Crippen molar-refractivity contribution in [3.63, 3.8) is 0 Å². The zero-order valence-electron chi connectivity index (χ0n) is 32.2. The highest BCUT2D eigenvalue weighted by molar-refractivity contribution is 6.16. The number of aromatic nitrogens is 1. The van der Waals surface area contributed by atoms with Crippen LogP contribution in [0.3, 0.4) is 0 Å². The second-order valence-electron chi connectivity index (χ2n) is 15.9. The number of nitrogens with zero attached hydrogens (tertiary/aromatic N) is 2. The van der Waals surface area contributed by atoms with Crippen LogP contribution in [0.1, 0.15) is 43.5 Å². The van der Waals surface area contributed by atoms with Crippen molar-refractivity contribution in [3.8, 4) is 27.9 Å². The lowest BCUT2D eigenvalue weighted by Crippen LogP contribution is -2.22. The average Bonchev–Trinajstić information content (AvgIpc) is 3.87. The molecule has 1 atom stereocenters. The van der Waals surface area contributed by atoms with Crippen LogP contribution in [0.25, 0.3) is 71.7 Å². The van der Waals surface area contributed by atoms with Crippen LogP contribution in [0.2, 0.25) is 0 Å². The molecule has 2 aromatic heterocycles. The fourth-order valence-corrected chi connectivity index (χ4v) is 9.63. The van der Waals surface area contributed by atoms with Gasteiger partial charge in [0.1, 0.15) is 5.58 Å². The van der Waals surface area contributed by atoms with Crippen molar-refractivity contribution in [1.82, 2.24) is 4.57 Å². The molecular formula is C53H41N3O. The van der Waals surface area contributed by atoms with Gasteiger partial charge in [-0.15, -0.1) is 0 Å². The topological polar surface area (TPSA) is 47.3 Å². The Hall–Kier alpha value is -7.04. The summed E-state index contributed by atoms with van der Waals surface area (Å²) in [6.07, 6.45) is 0. The van der Waals surface area contributed by atoms with Crippen LogP contribution < -0.4 is 10.6 Å². The molecule has 4 nitrogen and oxygen atoms in total. The molecule has 0 spiro atoms. The van der Waals surface area contributed by atoms with E-state index >= 15 is 0 Å². The van der Waals surface area contributed by atoms with E-state index in [-0.39, 0.29) is 11.5 Å². The highest BCUT2D eigenvalue weighted by Gasteiger charge is 2.36. The largest absolute Gasteiger partial charge is 0.454 e. The van der Waals surface area contributed by atoms with Gasteiger partial charge in [-0.3, -0.25) is 0 Å². The molecule has 2 heterocycles. The van der Waals surface area contributed by atoms with Crippen molar-refractivity contribution < 1.29 is 4.42 Å². The summed E-state index contributed by atoms with van der Waals surface area (Å²) in [5, 5.41) is 4.70. The number of para-hydroxylation sites is 4. The van der Waals surface area contributed by atoms with E-state index < -0.39 is 0 Å². The van der Waals surface area contributed by atoms with Crippen LogP contribution in [0.4, 0.5) is 17.1 Å². The maximum atomic E-state index is 6.92. The number of benzene rings is 8. The van der Waals surface area contributed by atoms with E-state index in [4.69, 9.17) is 10.2 Å². The Balaban J connectivity index is 1.07. The Morgan fingerprint density at radius 1 is 0.579 bits per heavy atom. The summed E-state index contributed by atoms with van der Waals surface area (Å²) in [5.41, 5.74) is 23.3. The van der Waals surface area contributed by atoms with Crippen LogP contribution in [0, 0.1) is 0 Å². The second kappa shape index (κ2) is 12.5. The summed E-state index contributed by atoms with van der Waals surface area (Å²) >= 11 is 0. The van der Waals surface area contributed by atoms with Gasteiger partial charge in [0.05, 0.1) is 34.1 Å².